The zero-order valence-electron chi connectivity index (χ0n) is 11.1. The average molecular weight is 276 g/mol. The fourth-order valence-corrected chi connectivity index (χ4v) is 4.99. The van der Waals surface area contributed by atoms with Crippen molar-refractivity contribution in [2.45, 2.75) is 49.2 Å². The molecule has 0 spiro atoms. The maximum atomic E-state index is 11.7. The lowest BCUT2D eigenvalue weighted by Crippen LogP contribution is -2.35. The third-order valence-corrected chi connectivity index (χ3v) is 6.15. The highest BCUT2D eigenvalue weighted by atomic mass is 32.2. The molecule has 3 rings (SSSR count). The van der Waals surface area contributed by atoms with E-state index in [-0.39, 0.29) is 0 Å². The first-order valence-corrected chi connectivity index (χ1v) is 8.15. The number of carboxylic acids is 1. The van der Waals surface area contributed by atoms with Gasteiger partial charge in [-0.15, -0.1) is 11.8 Å². The minimum Gasteiger partial charge on any atom is -0.480 e. The number of rotatable bonds is 3. The van der Waals surface area contributed by atoms with Crippen LogP contribution in [0.5, 0.6) is 0 Å². The second-order valence-corrected chi connectivity index (χ2v) is 7.22. The van der Waals surface area contributed by atoms with Crippen LogP contribution >= 0.6 is 11.8 Å². The molecule has 0 bridgehead atoms. The summed E-state index contributed by atoms with van der Waals surface area (Å²) in [7, 11) is 0. The monoisotopic (exact) mass is 276 g/mol. The number of fused-ring (bicyclic) bond motifs is 1. The van der Waals surface area contributed by atoms with Crippen LogP contribution in [0.2, 0.25) is 0 Å². The van der Waals surface area contributed by atoms with E-state index in [0.717, 1.165) is 37.9 Å². The van der Waals surface area contributed by atoms with Crippen molar-refractivity contribution in [2.75, 3.05) is 5.75 Å². The third kappa shape index (κ3) is 2.40. The molecule has 1 heterocycles. The summed E-state index contributed by atoms with van der Waals surface area (Å²) in [6.07, 6.45) is 6.19. The summed E-state index contributed by atoms with van der Waals surface area (Å²) >= 11 is 1.67. The molecule has 0 aromatic heterocycles. The summed E-state index contributed by atoms with van der Waals surface area (Å²) in [6.45, 7) is 0. The van der Waals surface area contributed by atoms with Crippen molar-refractivity contribution in [1.82, 2.24) is 0 Å². The number of aliphatic carboxylic acids is 1. The van der Waals surface area contributed by atoms with Gasteiger partial charge >= 0.3 is 5.97 Å². The molecule has 0 amide bonds. The smallest absolute Gasteiger partial charge is 0.319 e. The molecule has 2 nitrogen and oxygen atoms in total. The number of benzene rings is 1. The van der Waals surface area contributed by atoms with E-state index < -0.39 is 10.7 Å². The molecule has 2 aliphatic rings. The van der Waals surface area contributed by atoms with E-state index in [9.17, 15) is 9.90 Å². The summed E-state index contributed by atoms with van der Waals surface area (Å²) in [5.41, 5.74) is 2.84. The van der Waals surface area contributed by atoms with Crippen LogP contribution in [0.4, 0.5) is 0 Å². The molecule has 1 saturated heterocycles. The largest absolute Gasteiger partial charge is 0.480 e. The van der Waals surface area contributed by atoms with Gasteiger partial charge in [-0.25, -0.2) is 0 Å². The Bertz CT molecular complexity index is 477. The highest BCUT2D eigenvalue weighted by Gasteiger charge is 2.44. The van der Waals surface area contributed by atoms with E-state index in [1.807, 2.05) is 0 Å². The molecule has 19 heavy (non-hydrogen) atoms. The molecule has 1 aliphatic carbocycles. The van der Waals surface area contributed by atoms with Gasteiger partial charge < -0.3 is 5.11 Å². The van der Waals surface area contributed by atoms with Gasteiger partial charge in [-0.3, -0.25) is 4.79 Å². The molecule has 2 unspecified atom stereocenters. The van der Waals surface area contributed by atoms with Crippen LogP contribution in [0.25, 0.3) is 0 Å². The summed E-state index contributed by atoms with van der Waals surface area (Å²) in [5.74, 6) is 0.838. The zero-order valence-corrected chi connectivity index (χ0v) is 11.9. The molecule has 1 fully saturated rings. The first-order chi connectivity index (χ1) is 9.21. The quantitative estimate of drug-likeness (QED) is 0.911. The summed E-state index contributed by atoms with van der Waals surface area (Å²) in [6, 6.07) is 8.59. The highest BCUT2D eigenvalue weighted by molar-refractivity contribution is 8.01. The number of thioether (sulfide) groups is 1. The van der Waals surface area contributed by atoms with E-state index in [1.165, 1.54) is 17.5 Å². The molecule has 1 aromatic rings. The van der Waals surface area contributed by atoms with Crippen molar-refractivity contribution >= 4 is 17.7 Å². The molecule has 1 aromatic carbocycles. The van der Waals surface area contributed by atoms with Crippen LogP contribution in [0.15, 0.2) is 24.3 Å². The molecule has 0 saturated carbocycles. The van der Waals surface area contributed by atoms with Gasteiger partial charge in [0.2, 0.25) is 0 Å². The maximum absolute atomic E-state index is 11.7. The number of hydrogen-bond acceptors (Lipinski definition) is 2. The second kappa shape index (κ2) is 5.20. The van der Waals surface area contributed by atoms with Crippen molar-refractivity contribution in [2.24, 2.45) is 0 Å². The standard InChI is InChI=1S/C16H20O2S/c17-15(18)16(9-4-10-19-16)11-13-7-3-6-12-5-1-2-8-14(12)13/h1-2,5,8,13H,3-4,6-7,9-11H2,(H,17,18). The number of carbonyl (C=O) groups is 1. The topological polar surface area (TPSA) is 37.3 Å². The van der Waals surface area contributed by atoms with Crippen LogP contribution < -0.4 is 0 Å². The zero-order chi connectivity index (χ0) is 13.3. The Morgan fingerprint density at radius 2 is 2.21 bits per heavy atom. The molecule has 1 aliphatic heterocycles. The van der Waals surface area contributed by atoms with Crippen molar-refractivity contribution in [3.05, 3.63) is 35.4 Å². The van der Waals surface area contributed by atoms with Crippen molar-refractivity contribution in [3.8, 4) is 0 Å². The van der Waals surface area contributed by atoms with E-state index in [4.69, 9.17) is 0 Å². The lowest BCUT2D eigenvalue weighted by Gasteiger charge is -2.32. The minimum absolute atomic E-state index is 0.437. The number of hydrogen-bond donors (Lipinski definition) is 1. The predicted octanol–water partition coefficient (Wildman–Crippen LogP) is 3.85. The van der Waals surface area contributed by atoms with Gasteiger partial charge in [-0.1, -0.05) is 24.3 Å². The fraction of sp³-hybridized carbons (Fsp3) is 0.562. The van der Waals surface area contributed by atoms with Gasteiger partial charge in [0, 0.05) is 0 Å². The summed E-state index contributed by atoms with van der Waals surface area (Å²) in [4.78, 5) is 11.7. The first-order valence-electron chi connectivity index (χ1n) is 7.16. The number of aryl methyl sites for hydroxylation is 1. The third-order valence-electron chi connectivity index (χ3n) is 4.56. The summed E-state index contributed by atoms with van der Waals surface area (Å²) in [5, 5.41) is 9.62. The Morgan fingerprint density at radius 1 is 1.37 bits per heavy atom. The Labute approximate surface area is 118 Å². The van der Waals surface area contributed by atoms with Crippen LogP contribution in [-0.2, 0) is 11.2 Å². The van der Waals surface area contributed by atoms with Gasteiger partial charge in [-0.05, 0) is 61.3 Å². The van der Waals surface area contributed by atoms with Crippen molar-refractivity contribution < 1.29 is 9.90 Å². The Morgan fingerprint density at radius 3 is 2.95 bits per heavy atom. The first kappa shape index (κ1) is 13.0. The van der Waals surface area contributed by atoms with Gasteiger partial charge in [0.15, 0.2) is 0 Å². The lowest BCUT2D eigenvalue weighted by molar-refractivity contribution is -0.140. The molecule has 2 atom stereocenters. The van der Waals surface area contributed by atoms with Gasteiger partial charge in [0.05, 0.1) is 0 Å². The normalized spacial score (nSPS) is 30.0. The van der Waals surface area contributed by atoms with Crippen LogP contribution in [0.3, 0.4) is 0 Å². The van der Waals surface area contributed by atoms with Crippen molar-refractivity contribution in [1.29, 1.82) is 0 Å². The van der Waals surface area contributed by atoms with E-state index in [1.54, 1.807) is 11.8 Å². The predicted molar refractivity (Wildman–Crippen MR) is 78.8 cm³/mol. The Hall–Kier alpha value is -0.960. The van der Waals surface area contributed by atoms with E-state index >= 15 is 0 Å². The maximum Gasteiger partial charge on any atom is 0.319 e. The minimum atomic E-state index is -0.599. The van der Waals surface area contributed by atoms with E-state index in [0.29, 0.717) is 5.92 Å². The van der Waals surface area contributed by atoms with Gasteiger partial charge in [0.1, 0.15) is 4.75 Å². The Kier molecular flexibility index (Phi) is 3.57. The molecule has 0 radical (unpaired) electrons. The second-order valence-electron chi connectivity index (χ2n) is 5.74. The van der Waals surface area contributed by atoms with Crippen LogP contribution in [-0.4, -0.2) is 21.6 Å². The van der Waals surface area contributed by atoms with Crippen molar-refractivity contribution in [3.63, 3.8) is 0 Å². The summed E-state index contributed by atoms with van der Waals surface area (Å²) < 4.78 is -0.519. The fourth-order valence-electron chi connectivity index (χ4n) is 3.58. The molecule has 1 N–H and O–H groups in total. The van der Waals surface area contributed by atoms with E-state index in [2.05, 4.69) is 24.3 Å². The molecular formula is C16H20O2S. The average Bonchev–Trinajstić information content (AvgIpc) is 2.89. The highest BCUT2D eigenvalue weighted by Crippen LogP contribution is 2.47. The molecule has 102 valence electrons. The lowest BCUT2D eigenvalue weighted by atomic mass is 9.77. The molecule has 3 heteroatoms. The number of carboxylic acid groups (broad SMARTS) is 1. The Balaban J connectivity index is 1.86. The molecular weight excluding hydrogens is 256 g/mol. The van der Waals surface area contributed by atoms with Gasteiger partial charge in [0.25, 0.3) is 0 Å². The SMILES string of the molecule is O=C(O)C1(CC2CCCc3ccccc32)CCCS1. The van der Waals surface area contributed by atoms with Gasteiger partial charge in [-0.2, -0.15) is 0 Å². The van der Waals surface area contributed by atoms with Crippen LogP contribution in [0.1, 0.15) is 49.1 Å². The van der Waals surface area contributed by atoms with Crippen LogP contribution in [0, 0.1) is 0 Å².